The second-order valence-corrected chi connectivity index (χ2v) is 27.9. The van der Waals surface area contributed by atoms with Gasteiger partial charge in [-0.3, -0.25) is 0 Å². The molecule has 0 spiro atoms. The zero-order valence-electron chi connectivity index (χ0n) is 52.4. The van der Waals surface area contributed by atoms with Crippen LogP contribution in [0.15, 0.2) is 231 Å². The van der Waals surface area contributed by atoms with Crippen molar-refractivity contribution < 1.29 is 25.8 Å². The largest absolute Gasteiger partial charge is 0.509 e. The molecule has 2 aromatic heterocycles. The molecule has 89 heavy (non-hydrogen) atoms. The Kier molecular flexibility index (Phi) is 14.0. The van der Waals surface area contributed by atoms with E-state index in [1.165, 1.54) is 61.2 Å². The van der Waals surface area contributed by atoms with Crippen molar-refractivity contribution in [1.29, 1.82) is 0 Å². The first kappa shape index (κ1) is 58.0. The second-order valence-electron chi connectivity index (χ2n) is 27.9. The Bertz CT molecular complexity index is 4610. The number of anilines is 4. The Morgan fingerprint density at radius 3 is 1.67 bits per heavy atom. The predicted molar refractivity (Wildman–Crippen MR) is 365 cm³/mol. The molecule has 0 N–H and O–H groups in total. The van der Waals surface area contributed by atoms with E-state index in [0.717, 1.165) is 85.7 Å². The molecule has 0 radical (unpaired) electrons. The minimum Gasteiger partial charge on any atom is -0.509 e. The molecule has 2 aliphatic carbocycles. The molecule has 0 saturated carbocycles. The van der Waals surface area contributed by atoms with Crippen LogP contribution >= 0.6 is 0 Å². The smallest absolute Gasteiger partial charge is 0.135 e. The topological polar surface area (TPSA) is 33.5 Å². The third kappa shape index (κ3) is 9.49. The number of hydrogen-bond acceptors (Lipinski definition) is 4. The van der Waals surface area contributed by atoms with Crippen LogP contribution in [0.3, 0.4) is 0 Å². The molecule has 1 aliphatic heterocycles. The van der Waals surface area contributed by atoms with Gasteiger partial charge in [0.2, 0.25) is 0 Å². The quantitative estimate of drug-likeness (QED) is 0.135. The summed E-state index contributed by atoms with van der Waals surface area (Å²) in [6.07, 6.45) is 4.04. The molecule has 3 aliphatic rings. The normalized spacial score (nSPS) is 15.3. The number of ether oxygens (including phenoxy) is 1. The Balaban J connectivity index is 0.00000694. The predicted octanol–water partition coefficient (Wildman–Crippen LogP) is 21.6. The molecule has 0 atom stereocenters. The Morgan fingerprint density at radius 1 is 0.483 bits per heavy atom. The molecule has 15 rings (SSSR count). The van der Waals surface area contributed by atoms with Crippen LogP contribution in [0.1, 0.15) is 127 Å². The summed E-state index contributed by atoms with van der Waals surface area (Å²) in [6, 6.07) is 90.5. The summed E-state index contributed by atoms with van der Waals surface area (Å²) in [5.74, 6) is 2.14. The third-order valence-electron chi connectivity index (χ3n) is 19.4. The van der Waals surface area contributed by atoms with Crippen molar-refractivity contribution in [2.75, 3.05) is 9.80 Å². The van der Waals surface area contributed by atoms with E-state index in [9.17, 15) is 0 Å². The van der Waals surface area contributed by atoms with Gasteiger partial charge in [-0.05, 0) is 126 Å². The van der Waals surface area contributed by atoms with Crippen LogP contribution in [0.4, 0.5) is 22.7 Å². The van der Waals surface area contributed by atoms with E-state index in [2.05, 4.69) is 327 Å². The average molecular weight is 1340 g/mol. The van der Waals surface area contributed by atoms with Crippen molar-refractivity contribution in [2.24, 2.45) is 0 Å². The van der Waals surface area contributed by atoms with Gasteiger partial charge in [0.15, 0.2) is 0 Å². The minimum absolute atomic E-state index is 0. The van der Waals surface area contributed by atoms with Crippen molar-refractivity contribution in [3.05, 3.63) is 294 Å². The number of hydrogen-bond donors (Lipinski definition) is 0. The maximum Gasteiger partial charge on any atom is 0.135 e. The van der Waals surface area contributed by atoms with Gasteiger partial charge in [-0.2, -0.15) is 6.07 Å². The van der Waals surface area contributed by atoms with Gasteiger partial charge in [0.25, 0.3) is 0 Å². The number of fused-ring (bicyclic) bond motifs is 8. The van der Waals surface area contributed by atoms with Crippen LogP contribution in [0.25, 0.3) is 61.0 Å². The zero-order valence-corrected chi connectivity index (χ0v) is 54.7. The van der Waals surface area contributed by atoms with Crippen molar-refractivity contribution in [3.8, 4) is 50.7 Å². The van der Waals surface area contributed by atoms with Crippen LogP contribution in [0.5, 0.6) is 11.5 Å². The standard InChI is InChI=1S/C83H73N4O.Pt/c1-79(2,3)56-37-39-57(40-38-56)83(68-32-20-17-29-62(68)63-30-18-21-33-69(63)83)58-43-46-84-76(49-58)87-71-34-22-19-31-64(71)65-42-41-61(52-74(65)87)88-75-51-60(50-70-77(75)82(9,10)45-44-81(70,7)8)85-53-86(73-36-24-23-35-72(73)85)78-66(54-25-13-11-14-26-54)47-59(80(4,5)6)48-67(78)55-27-15-12-16-28-55;/h11-43,46-50,53H,44-45H2,1-10H3;/q-3;. The maximum atomic E-state index is 7.49. The first-order valence-corrected chi connectivity index (χ1v) is 31.2. The maximum absolute atomic E-state index is 7.49. The Labute approximate surface area is 540 Å². The molecular weight excluding hydrogens is 1260 g/mol. The molecule has 0 amide bonds. The fourth-order valence-electron chi connectivity index (χ4n) is 14.6. The number of pyridine rings is 1. The number of para-hydroxylation sites is 3. The molecule has 444 valence electrons. The fourth-order valence-corrected chi connectivity index (χ4v) is 14.6. The molecule has 6 heteroatoms. The first-order valence-electron chi connectivity index (χ1n) is 31.2. The van der Waals surface area contributed by atoms with Crippen molar-refractivity contribution in [1.82, 2.24) is 9.55 Å². The van der Waals surface area contributed by atoms with Gasteiger partial charge in [0, 0.05) is 72.5 Å². The summed E-state index contributed by atoms with van der Waals surface area (Å²) in [5.41, 5.74) is 22.2. The molecule has 0 saturated heterocycles. The molecule has 0 fully saturated rings. The van der Waals surface area contributed by atoms with Crippen LogP contribution in [0, 0.1) is 18.8 Å². The van der Waals surface area contributed by atoms with E-state index >= 15 is 0 Å². The summed E-state index contributed by atoms with van der Waals surface area (Å²) >= 11 is 0. The van der Waals surface area contributed by atoms with E-state index in [1.54, 1.807) is 0 Å². The summed E-state index contributed by atoms with van der Waals surface area (Å²) in [4.78, 5) is 10.0. The molecule has 10 aromatic carbocycles. The second kappa shape index (κ2) is 21.5. The Morgan fingerprint density at radius 2 is 1.04 bits per heavy atom. The van der Waals surface area contributed by atoms with Crippen molar-refractivity contribution in [2.45, 2.75) is 109 Å². The van der Waals surface area contributed by atoms with E-state index in [0.29, 0.717) is 5.75 Å². The van der Waals surface area contributed by atoms with Crippen molar-refractivity contribution in [3.63, 3.8) is 0 Å². The Hall–Kier alpha value is -8.76. The molecule has 12 aromatic rings. The van der Waals surface area contributed by atoms with Crippen LogP contribution in [-0.4, -0.2) is 9.55 Å². The SMILES string of the molecule is CC(C)(C)c1ccc(C2(c3ccnc(-n4c5[c-]c(Oc6[c-]c(N7[CH-]N(c8c(-c9ccccc9)cc(C(C)(C)C)cc8-c8ccccc8)c8ccccc87)cc7c6C(C)(C)CCC7(C)C)ccc5c5ccccc54)c3)c3ccccc3-c3ccccc32)cc1.[Pt]. The van der Waals surface area contributed by atoms with Crippen LogP contribution in [0.2, 0.25) is 0 Å². The van der Waals surface area contributed by atoms with E-state index in [1.807, 2.05) is 6.20 Å². The number of nitrogens with zero attached hydrogens (tertiary/aromatic N) is 4. The van der Waals surface area contributed by atoms with Gasteiger partial charge < -0.3 is 19.1 Å². The zero-order chi connectivity index (χ0) is 60.5. The monoisotopic (exact) mass is 1340 g/mol. The fraction of sp³-hybridized carbons (Fsp3) is 0.205. The molecule has 0 bridgehead atoms. The van der Waals surface area contributed by atoms with Gasteiger partial charge >= 0.3 is 0 Å². The summed E-state index contributed by atoms with van der Waals surface area (Å²) in [5, 5.41) is 2.20. The molecular formula is C83H73N4OPt-3. The van der Waals surface area contributed by atoms with Gasteiger partial charge in [-0.15, -0.1) is 53.1 Å². The summed E-state index contributed by atoms with van der Waals surface area (Å²) in [6.45, 7) is 25.6. The van der Waals surface area contributed by atoms with Gasteiger partial charge in [-0.25, -0.2) is 4.98 Å². The van der Waals surface area contributed by atoms with Crippen molar-refractivity contribution >= 4 is 44.6 Å². The van der Waals surface area contributed by atoms with Gasteiger partial charge in [0.05, 0.1) is 5.41 Å². The number of rotatable bonds is 9. The molecule has 0 unspecified atom stereocenters. The van der Waals surface area contributed by atoms with Crippen LogP contribution in [-0.2, 0) is 48.1 Å². The molecule has 3 heterocycles. The van der Waals surface area contributed by atoms with E-state index in [4.69, 9.17) is 9.72 Å². The van der Waals surface area contributed by atoms with E-state index < -0.39 is 5.41 Å². The van der Waals surface area contributed by atoms with Gasteiger partial charge in [-0.1, -0.05) is 250 Å². The molecule has 5 nitrogen and oxygen atoms in total. The minimum atomic E-state index is -0.617. The number of aromatic nitrogens is 2. The summed E-state index contributed by atoms with van der Waals surface area (Å²) in [7, 11) is 0. The van der Waals surface area contributed by atoms with Gasteiger partial charge in [0.1, 0.15) is 5.82 Å². The first-order chi connectivity index (χ1) is 42.4. The number of benzene rings is 10. The third-order valence-corrected chi connectivity index (χ3v) is 19.4. The average Bonchev–Trinajstić information content (AvgIpc) is 1.59. The van der Waals surface area contributed by atoms with Crippen LogP contribution < -0.4 is 14.5 Å². The summed E-state index contributed by atoms with van der Waals surface area (Å²) < 4.78 is 9.78. The van der Waals surface area contributed by atoms with E-state index in [-0.39, 0.29) is 42.7 Å².